The number of fused-ring (bicyclic) bond motifs is 1. The lowest BCUT2D eigenvalue weighted by molar-refractivity contribution is -0.146. The summed E-state index contributed by atoms with van der Waals surface area (Å²) >= 11 is 0. The van der Waals surface area contributed by atoms with Crippen LogP contribution in [0.3, 0.4) is 0 Å². The number of hydrogen-bond donors (Lipinski definition) is 3. The molecule has 1 aliphatic carbocycles. The molecule has 1 fully saturated rings. The van der Waals surface area contributed by atoms with E-state index >= 15 is 0 Å². The summed E-state index contributed by atoms with van der Waals surface area (Å²) in [7, 11) is 2.83. The van der Waals surface area contributed by atoms with Gasteiger partial charge in [0.1, 0.15) is 17.8 Å². The summed E-state index contributed by atoms with van der Waals surface area (Å²) in [5.41, 5.74) is 2.09. The number of methoxy groups -OCH3 is 2. The molecular weight excluding hydrogens is 462 g/mol. The number of rotatable bonds is 9. The first-order chi connectivity index (χ1) is 17.0. The molecule has 36 heavy (non-hydrogen) atoms. The van der Waals surface area contributed by atoms with Crippen molar-refractivity contribution < 1.29 is 28.7 Å². The molecule has 0 aromatic heterocycles. The van der Waals surface area contributed by atoms with Gasteiger partial charge in [0.2, 0.25) is 17.7 Å². The highest BCUT2D eigenvalue weighted by molar-refractivity contribution is 6.03. The Hall–Kier alpha value is -3.36. The average Bonchev–Trinajstić information content (AvgIpc) is 3.28. The van der Waals surface area contributed by atoms with Gasteiger partial charge in [0.15, 0.2) is 0 Å². The number of carbonyl (C=O) groups excluding carboxylic acids is 4. The highest BCUT2D eigenvalue weighted by Crippen LogP contribution is 2.32. The zero-order chi connectivity index (χ0) is 26.5. The van der Waals surface area contributed by atoms with Crippen molar-refractivity contribution in [1.82, 2.24) is 16.0 Å². The number of ether oxygens (including phenoxy) is 2. The van der Waals surface area contributed by atoms with Crippen LogP contribution >= 0.6 is 0 Å². The molecule has 9 heteroatoms. The van der Waals surface area contributed by atoms with Gasteiger partial charge in [-0.15, -0.1) is 0 Å². The molecule has 1 aromatic carbocycles. The lowest BCUT2D eigenvalue weighted by atomic mass is 9.87. The molecule has 0 unspecified atom stereocenters. The van der Waals surface area contributed by atoms with Gasteiger partial charge in [-0.1, -0.05) is 32.9 Å². The van der Waals surface area contributed by atoms with E-state index in [0.29, 0.717) is 37.1 Å². The number of hydrogen-bond acceptors (Lipinski definition) is 6. The number of piperidine rings is 1. The summed E-state index contributed by atoms with van der Waals surface area (Å²) in [6, 6.07) is 3.79. The monoisotopic (exact) mass is 499 g/mol. The van der Waals surface area contributed by atoms with Crippen molar-refractivity contribution in [3.05, 3.63) is 34.9 Å². The normalized spacial score (nSPS) is 18.8. The van der Waals surface area contributed by atoms with Gasteiger partial charge >= 0.3 is 5.97 Å². The van der Waals surface area contributed by atoms with Crippen LogP contribution in [0.2, 0.25) is 0 Å². The third-order valence-corrected chi connectivity index (χ3v) is 6.53. The smallest absolute Gasteiger partial charge is 0.328 e. The third-order valence-electron chi connectivity index (χ3n) is 6.53. The molecule has 2 aliphatic rings. The van der Waals surface area contributed by atoms with E-state index in [0.717, 1.165) is 17.5 Å². The molecule has 0 bridgehead atoms. The zero-order valence-electron chi connectivity index (χ0n) is 21.7. The van der Waals surface area contributed by atoms with Crippen molar-refractivity contribution in [2.75, 3.05) is 20.8 Å². The summed E-state index contributed by atoms with van der Waals surface area (Å²) in [6.07, 6.45) is 4.16. The van der Waals surface area contributed by atoms with Gasteiger partial charge in [0.05, 0.1) is 14.2 Å². The van der Waals surface area contributed by atoms with Gasteiger partial charge in [-0.25, -0.2) is 4.79 Å². The number of carbonyl (C=O) groups is 4. The predicted molar refractivity (Wildman–Crippen MR) is 135 cm³/mol. The van der Waals surface area contributed by atoms with Crippen molar-refractivity contribution in [2.45, 2.75) is 65.0 Å². The third kappa shape index (κ3) is 6.86. The maximum atomic E-state index is 13.4. The van der Waals surface area contributed by atoms with Crippen LogP contribution in [0.15, 0.2) is 23.8 Å². The summed E-state index contributed by atoms with van der Waals surface area (Å²) in [5, 5.41) is 8.41. The van der Waals surface area contributed by atoms with Gasteiger partial charge < -0.3 is 25.4 Å². The molecule has 3 rings (SSSR count). The van der Waals surface area contributed by atoms with Crippen molar-refractivity contribution in [3.63, 3.8) is 0 Å². The highest BCUT2D eigenvalue weighted by Gasteiger charge is 2.34. The summed E-state index contributed by atoms with van der Waals surface area (Å²) in [4.78, 5) is 51.3. The molecule has 1 aromatic rings. The molecule has 196 valence electrons. The lowest BCUT2D eigenvalue weighted by Gasteiger charge is -2.29. The van der Waals surface area contributed by atoms with Gasteiger partial charge in [-0.3, -0.25) is 14.4 Å². The Morgan fingerprint density at radius 2 is 1.89 bits per heavy atom. The Labute approximate surface area is 212 Å². The quantitative estimate of drug-likeness (QED) is 0.448. The molecule has 3 atom stereocenters. The number of nitrogens with one attached hydrogen (secondary N) is 3. The van der Waals surface area contributed by atoms with Crippen molar-refractivity contribution in [2.24, 2.45) is 11.3 Å². The first-order valence-corrected chi connectivity index (χ1v) is 12.4. The lowest BCUT2D eigenvalue weighted by Crippen LogP contribution is -2.54. The molecule has 0 spiro atoms. The minimum Gasteiger partial charge on any atom is -0.496 e. The Kier molecular flexibility index (Phi) is 8.76. The van der Waals surface area contributed by atoms with Crippen LogP contribution in [0.5, 0.6) is 5.75 Å². The van der Waals surface area contributed by atoms with Crippen LogP contribution in [0.25, 0.3) is 6.08 Å². The zero-order valence-corrected chi connectivity index (χ0v) is 21.7. The number of esters is 1. The van der Waals surface area contributed by atoms with Gasteiger partial charge in [-0.2, -0.15) is 0 Å². The van der Waals surface area contributed by atoms with Crippen molar-refractivity contribution in [3.8, 4) is 5.75 Å². The molecule has 1 heterocycles. The minimum absolute atomic E-state index is 0.132. The van der Waals surface area contributed by atoms with Crippen LogP contribution in [-0.2, 0) is 30.3 Å². The minimum atomic E-state index is -0.991. The Balaban J connectivity index is 1.75. The van der Waals surface area contributed by atoms with E-state index in [1.807, 2.05) is 39.0 Å². The second kappa shape index (κ2) is 11.6. The second-order valence-corrected chi connectivity index (χ2v) is 10.6. The standard InChI is InChI=1S/C27H37N3O6/c1-27(2,3)15-21(30-24(32)18-12-16-8-6-10-22(35-4)19(16)13-18)25(33)29-20(26(34)36-5)14-17-9-7-11-28-23(17)31/h6,8,10,13,17,20-21H,7,9,11-12,14-15H2,1-5H3,(H,28,31)(H,29,33)(H,30,32)/t17-,20-,21-/m0/s1. The number of benzene rings is 1. The van der Waals surface area contributed by atoms with Gasteiger partial charge in [-0.05, 0) is 48.8 Å². The van der Waals surface area contributed by atoms with Crippen LogP contribution < -0.4 is 20.7 Å². The largest absolute Gasteiger partial charge is 0.496 e. The van der Waals surface area contributed by atoms with E-state index in [-0.39, 0.29) is 23.7 Å². The molecule has 1 saturated heterocycles. The average molecular weight is 500 g/mol. The molecule has 3 amide bonds. The van der Waals surface area contributed by atoms with E-state index in [9.17, 15) is 19.2 Å². The van der Waals surface area contributed by atoms with Crippen LogP contribution in [0, 0.1) is 11.3 Å². The first kappa shape index (κ1) is 27.2. The highest BCUT2D eigenvalue weighted by atomic mass is 16.5. The van der Waals surface area contributed by atoms with Crippen LogP contribution in [0.4, 0.5) is 0 Å². The number of amides is 3. The topological polar surface area (TPSA) is 123 Å². The van der Waals surface area contributed by atoms with Gasteiger partial charge in [0.25, 0.3) is 0 Å². The molecule has 1 aliphatic heterocycles. The van der Waals surface area contributed by atoms with E-state index in [4.69, 9.17) is 9.47 Å². The Morgan fingerprint density at radius 3 is 2.53 bits per heavy atom. The molecule has 3 N–H and O–H groups in total. The fourth-order valence-electron chi connectivity index (χ4n) is 4.71. The van der Waals surface area contributed by atoms with Crippen molar-refractivity contribution in [1.29, 1.82) is 0 Å². The maximum Gasteiger partial charge on any atom is 0.328 e. The SMILES string of the molecule is COC(=O)[C@H](C[C@@H]1CCCNC1=O)NC(=O)[C@H](CC(C)(C)C)NC(=O)C1=Cc2c(cccc2OC)C1. The molecule has 0 saturated carbocycles. The van der Waals surface area contributed by atoms with E-state index in [2.05, 4.69) is 16.0 Å². The second-order valence-electron chi connectivity index (χ2n) is 10.6. The van der Waals surface area contributed by atoms with E-state index in [1.165, 1.54) is 7.11 Å². The Morgan fingerprint density at radius 1 is 1.14 bits per heavy atom. The maximum absolute atomic E-state index is 13.4. The fraction of sp³-hybridized carbons (Fsp3) is 0.556. The molecule has 9 nitrogen and oxygen atoms in total. The summed E-state index contributed by atoms with van der Waals surface area (Å²) in [6.45, 7) is 6.52. The Bertz CT molecular complexity index is 1040. The first-order valence-electron chi connectivity index (χ1n) is 12.4. The van der Waals surface area contributed by atoms with Crippen molar-refractivity contribution >= 4 is 29.8 Å². The van der Waals surface area contributed by atoms with E-state index < -0.39 is 29.9 Å². The summed E-state index contributed by atoms with van der Waals surface area (Å²) < 4.78 is 10.3. The summed E-state index contributed by atoms with van der Waals surface area (Å²) in [5.74, 6) is -1.30. The molecule has 0 radical (unpaired) electrons. The fourth-order valence-corrected chi connectivity index (χ4v) is 4.71. The van der Waals surface area contributed by atoms with E-state index in [1.54, 1.807) is 13.2 Å². The predicted octanol–water partition coefficient (Wildman–Crippen LogP) is 2.13. The molecular formula is C27H37N3O6. The van der Waals surface area contributed by atoms with Crippen LogP contribution in [-0.4, -0.2) is 56.5 Å². The van der Waals surface area contributed by atoms with Crippen LogP contribution in [0.1, 0.15) is 57.6 Å². The van der Waals surface area contributed by atoms with Gasteiger partial charge in [0, 0.05) is 30.0 Å².